The number of rotatable bonds is 11. The topological polar surface area (TPSA) is 283 Å². The van der Waals surface area contributed by atoms with Gasteiger partial charge in [0.05, 0.1) is 38.4 Å². The lowest BCUT2D eigenvalue weighted by Crippen LogP contribution is -2.33. The van der Waals surface area contributed by atoms with E-state index in [2.05, 4.69) is 25.0 Å². The molecule has 1 aromatic rings. The zero-order chi connectivity index (χ0) is 27.1. The second-order valence-corrected chi connectivity index (χ2v) is 11.2. The van der Waals surface area contributed by atoms with Gasteiger partial charge in [0, 0.05) is 12.6 Å². The maximum atomic E-state index is 12.3. The van der Waals surface area contributed by atoms with E-state index in [4.69, 9.17) is 30.3 Å². The van der Waals surface area contributed by atoms with Gasteiger partial charge >= 0.3 is 29.2 Å². The van der Waals surface area contributed by atoms with Crippen LogP contribution in [0.3, 0.4) is 0 Å². The third-order valence-electron chi connectivity index (χ3n) is 4.15. The molecule has 0 amide bonds. The Hall–Kier alpha value is -1.98. The number of hydrogen-bond donors (Lipinski definition) is 6. The molecule has 1 saturated heterocycles. The molecule has 200 valence electrons. The molecule has 0 aromatic carbocycles. The first-order valence-corrected chi connectivity index (χ1v) is 14.2. The Morgan fingerprint density at radius 1 is 1.19 bits per heavy atom. The molecule has 0 bridgehead atoms. The summed E-state index contributed by atoms with van der Waals surface area (Å²) in [5.41, 5.74) is 3.51. The maximum absolute atomic E-state index is 12.3. The van der Waals surface area contributed by atoms with Crippen LogP contribution in [-0.4, -0.2) is 61.1 Å². The van der Waals surface area contributed by atoms with Crippen molar-refractivity contribution < 1.29 is 55.9 Å². The first-order valence-electron chi connectivity index (χ1n) is 9.63. The summed E-state index contributed by atoms with van der Waals surface area (Å²) in [6.45, 7) is -1.01. The van der Waals surface area contributed by atoms with Crippen LogP contribution in [0, 0.1) is 23.2 Å². The number of H-pyrrole nitrogens is 1. The summed E-state index contributed by atoms with van der Waals surface area (Å²) in [4.78, 5) is 62.3. The van der Waals surface area contributed by atoms with Crippen LogP contribution in [0.2, 0.25) is 0 Å². The van der Waals surface area contributed by atoms with Crippen molar-refractivity contribution in [1.29, 1.82) is 5.26 Å². The van der Waals surface area contributed by atoms with E-state index in [-0.39, 0.29) is 31.6 Å². The van der Waals surface area contributed by atoms with Crippen LogP contribution in [0.15, 0.2) is 15.8 Å². The second-order valence-electron chi connectivity index (χ2n) is 6.78. The molecular formula is C15H21N4O14P3. The number of aromatic nitrogens is 2. The van der Waals surface area contributed by atoms with Crippen molar-refractivity contribution in [3.63, 3.8) is 0 Å². The molecule has 7 N–H and O–H groups in total. The minimum absolute atomic E-state index is 0.0405. The quantitative estimate of drug-likeness (QED) is 0.103. The molecule has 2 unspecified atom stereocenters. The van der Waals surface area contributed by atoms with Gasteiger partial charge in [-0.1, -0.05) is 11.8 Å². The number of phosphoric ester groups is 1. The zero-order valence-electron chi connectivity index (χ0n) is 18.0. The standard InChI is InChI=1S/C15H21N4O14P3/c16-4-1-3-10-8-19(15(21)18-14(10)20)13-7-11(29-6-2-5-17)12(31-13)9-30-35(25,26)33-36(27,28)32-34(22,23)24/h8,11-13H,2,4,6-7,9,16H2,(H,25,26)(H,27,28)(H,18,20,21)(H2,22,23,24)/t11-,12+,13+/m0/s1. The van der Waals surface area contributed by atoms with Crippen LogP contribution in [0.5, 0.6) is 0 Å². The number of nitrogens with zero attached hydrogens (tertiary/aromatic N) is 2. The Morgan fingerprint density at radius 2 is 1.89 bits per heavy atom. The second kappa shape index (κ2) is 12.5. The van der Waals surface area contributed by atoms with Crippen LogP contribution >= 0.6 is 23.5 Å². The molecule has 0 aliphatic carbocycles. The maximum Gasteiger partial charge on any atom is 0.490 e. The van der Waals surface area contributed by atoms with Gasteiger partial charge < -0.3 is 34.8 Å². The molecule has 0 saturated carbocycles. The highest BCUT2D eigenvalue weighted by atomic mass is 31.3. The average molecular weight is 574 g/mol. The minimum Gasteiger partial charge on any atom is -0.374 e. The normalized spacial score (nSPS) is 23.2. The van der Waals surface area contributed by atoms with Crippen molar-refractivity contribution in [3.05, 3.63) is 32.6 Å². The third kappa shape index (κ3) is 9.48. The summed E-state index contributed by atoms with van der Waals surface area (Å²) in [7, 11) is -16.8. The van der Waals surface area contributed by atoms with Gasteiger partial charge in [-0.25, -0.2) is 18.5 Å². The average Bonchev–Trinajstić information content (AvgIpc) is 3.12. The number of hydrogen-bond acceptors (Lipinski definition) is 12. The van der Waals surface area contributed by atoms with Gasteiger partial charge in [-0.3, -0.25) is 18.9 Å². The molecule has 21 heteroatoms. The molecule has 2 heterocycles. The summed E-state index contributed by atoms with van der Waals surface area (Å²) in [5.74, 6) is 4.94. The van der Waals surface area contributed by atoms with Gasteiger partial charge in [0.25, 0.3) is 5.56 Å². The van der Waals surface area contributed by atoms with E-state index in [1.165, 1.54) is 0 Å². The van der Waals surface area contributed by atoms with Crippen molar-refractivity contribution in [1.82, 2.24) is 9.55 Å². The van der Waals surface area contributed by atoms with Crippen molar-refractivity contribution in [2.24, 2.45) is 5.73 Å². The van der Waals surface area contributed by atoms with Crippen molar-refractivity contribution >= 4 is 23.5 Å². The Bertz CT molecular complexity index is 1300. The highest BCUT2D eigenvalue weighted by molar-refractivity contribution is 7.66. The van der Waals surface area contributed by atoms with E-state index in [9.17, 15) is 33.1 Å². The predicted octanol–water partition coefficient (Wildman–Crippen LogP) is -1.22. The number of nitrogens with one attached hydrogen (secondary N) is 1. The van der Waals surface area contributed by atoms with Crippen LogP contribution in [-0.2, 0) is 36.3 Å². The molecule has 0 spiro atoms. The van der Waals surface area contributed by atoms with Gasteiger partial charge in [-0.15, -0.1) is 0 Å². The summed E-state index contributed by atoms with van der Waals surface area (Å²) in [6.07, 6.45) is -2.31. The first kappa shape index (κ1) is 30.2. The lowest BCUT2D eigenvalue weighted by Gasteiger charge is -2.21. The number of phosphoric acid groups is 3. The first-order chi connectivity index (χ1) is 16.7. The number of aromatic amines is 1. The molecular weight excluding hydrogens is 553 g/mol. The van der Waals surface area contributed by atoms with Crippen molar-refractivity contribution in [2.45, 2.75) is 31.3 Å². The van der Waals surface area contributed by atoms with Crippen LogP contribution in [0.4, 0.5) is 0 Å². The van der Waals surface area contributed by atoms with Gasteiger partial charge in [0.1, 0.15) is 17.9 Å². The van der Waals surface area contributed by atoms with Gasteiger partial charge in [-0.2, -0.15) is 13.9 Å². The monoisotopic (exact) mass is 574 g/mol. The molecule has 1 fully saturated rings. The van der Waals surface area contributed by atoms with E-state index >= 15 is 0 Å². The van der Waals surface area contributed by atoms with Crippen molar-refractivity contribution in [3.8, 4) is 17.9 Å². The van der Waals surface area contributed by atoms with E-state index in [1.54, 1.807) is 0 Å². The molecule has 5 atom stereocenters. The van der Waals surface area contributed by atoms with Crippen LogP contribution in [0.25, 0.3) is 0 Å². The van der Waals surface area contributed by atoms with E-state index < -0.39 is 59.8 Å². The van der Waals surface area contributed by atoms with Crippen molar-refractivity contribution in [2.75, 3.05) is 19.8 Å². The van der Waals surface area contributed by atoms with Gasteiger partial charge in [-0.05, 0) is 0 Å². The zero-order valence-corrected chi connectivity index (χ0v) is 20.7. The lowest BCUT2D eigenvalue weighted by molar-refractivity contribution is -0.0603. The minimum atomic E-state index is -5.73. The largest absolute Gasteiger partial charge is 0.490 e. The van der Waals surface area contributed by atoms with E-state index in [0.29, 0.717) is 0 Å². The smallest absolute Gasteiger partial charge is 0.374 e. The predicted molar refractivity (Wildman–Crippen MR) is 116 cm³/mol. The fourth-order valence-corrected chi connectivity index (χ4v) is 5.89. The van der Waals surface area contributed by atoms with Gasteiger partial charge in [0.15, 0.2) is 0 Å². The lowest BCUT2D eigenvalue weighted by atomic mass is 10.2. The SMILES string of the molecule is N#CCCO[C@H]1C[C@H](n2cc(C#CCN)c(=O)[nH]c2=O)O[C@@H]1COP(=O)(O)OP(=O)(O)OP(=O)(O)O. The highest BCUT2D eigenvalue weighted by Gasteiger charge is 2.43. The van der Waals surface area contributed by atoms with Crippen LogP contribution in [0.1, 0.15) is 24.6 Å². The summed E-state index contributed by atoms with van der Waals surface area (Å²) >= 11 is 0. The summed E-state index contributed by atoms with van der Waals surface area (Å²) in [5, 5.41) is 8.71. The molecule has 1 aliphatic heterocycles. The molecule has 0 radical (unpaired) electrons. The Morgan fingerprint density at radius 3 is 2.50 bits per heavy atom. The fraction of sp³-hybridized carbons (Fsp3) is 0.533. The molecule has 1 aromatic heterocycles. The van der Waals surface area contributed by atoms with E-state index in [0.717, 1.165) is 10.8 Å². The summed E-state index contributed by atoms with van der Waals surface area (Å²) < 4.78 is 58.2. The molecule has 1 aliphatic rings. The highest BCUT2D eigenvalue weighted by Crippen LogP contribution is 2.66. The fourth-order valence-electron chi connectivity index (χ4n) is 2.86. The number of nitriles is 1. The van der Waals surface area contributed by atoms with Crippen LogP contribution < -0.4 is 17.0 Å². The number of nitrogens with two attached hydrogens (primary N) is 1. The number of ether oxygens (including phenoxy) is 2. The Kier molecular flexibility index (Phi) is 10.5. The van der Waals surface area contributed by atoms with Gasteiger partial charge in [0.2, 0.25) is 0 Å². The summed E-state index contributed by atoms with van der Waals surface area (Å²) in [6, 6.07) is 1.83. The van der Waals surface area contributed by atoms with E-state index in [1.807, 2.05) is 11.1 Å². The molecule has 2 rings (SSSR count). The molecule has 18 nitrogen and oxygen atoms in total. The third-order valence-corrected chi connectivity index (χ3v) is 7.95. The Labute approximate surface area is 202 Å². The Balaban J connectivity index is 2.21. The molecule has 36 heavy (non-hydrogen) atoms.